The van der Waals surface area contributed by atoms with E-state index in [1.807, 2.05) is 88.4 Å². The van der Waals surface area contributed by atoms with Crippen molar-refractivity contribution in [3.8, 4) is 35.1 Å². The van der Waals surface area contributed by atoms with Gasteiger partial charge in [0.25, 0.3) is 20.2 Å². The zero-order valence-electron chi connectivity index (χ0n) is 54.5. The van der Waals surface area contributed by atoms with E-state index in [0.29, 0.717) is 78.0 Å². The van der Waals surface area contributed by atoms with Crippen LogP contribution in [0.2, 0.25) is 0 Å². The highest BCUT2D eigenvalue weighted by molar-refractivity contribution is 9.09. The van der Waals surface area contributed by atoms with Gasteiger partial charge >= 0.3 is 0 Å². The molecule has 6 atom stereocenters. The number of nitrogens with one attached hydrogen (secondary N) is 1. The van der Waals surface area contributed by atoms with Gasteiger partial charge in [-0.1, -0.05) is 144 Å². The van der Waals surface area contributed by atoms with Crippen molar-refractivity contribution < 1.29 is 63.0 Å². The number of hydrogen-bond donors (Lipinski definition) is 3. The number of amides is 1. The van der Waals surface area contributed by atoms with Crippen LogP contribution in [0.25, 0.3) is 0 Å². The van der Waals surface area contributed by atoms with Crippen LogP contribution < -0.4 is 19.5 Å². The SMILES string of the molecule is CC(C)(CC(CC(CC(Br)C#N)c1ccc(S(=O)(=O)O)cc1)c1ccccc1)C(=O)NCCOc1ccc(S(=O)(=O)c2ccc(Oc3ccc(C(=O)c4ccc(OCCCC(=O)C(C)(C)C(CC(CC(C#N)CBr)c5ccc(S(=O)(=O)O)cc5)c5ccccc5)cc4)cc3)cc2)cc1. The zero-order chi connectivity index (χ0) is 70.8. The van der Waals surface area contributed by atoms with Gasteiger partial charge in [0.1, 0.15) is 40.2 Å². The quantitative estimate of drug-likeness (QED) is 0.0144. The number of alkyl halides is 2. The molecule has 0 bridgehead atoms. The van der Waals surface area contributed by atoms with Crippen molar-refractivity contribution in [1.29, 1.82) is 10.5 Å². The minimum Gasteiger partial charge on any atom is -0.494 e. The molecule has 0 radical (unpaired) electrons. The first kappa shape index (κ1) is 75.5. The molecule has 0 saturated carbocycles. The molecule has 0 aliphatic rings. The predicted molar refractivity (Wildman–Crippen MR) is 381 cm³/mol. The van der Waals surface area contributed by atoms with Gasteiger partial charge in [-0.2, -0.15) is 27.4 Å². The molecule has 8 aromatic carbocycles. The first-order valence-electron chi connectivity index (χ1n) is 31.8. The van der Waals surface area contributed by atoms with Crippen molar-refractivity contribution in [2.75, 3.05) is 25.1 Å². The summed E-state index contributed by atoms with van der Waals surface area (Å²) in [6.07, 6.45) is 2.97. The highest BCUT2D eigenvalue weighted by Crippen LogP contribution is 2.46. The minimum absolute atomic E-state index is 0.0250. The highest BCUT2D eigenvalue weighted by Gasteiger charge is 2.39. The summed E-state index contributed by atoms with van der Waals surface area (Å²) in [4.78, 5) is 40.7. The molecule has 17 nitrogen and oxygen atoms in total. The number of benzene rings is 8. The Morgan fingerprint density at radius 2 is 0.939 bits per heavy atom. The highest BCUT2D eigenvalue weighted by atomic mass is 79.9. The van der Waals surface area contributed by atoms with Gasteiger partial charge < -0.3 is 19.5 Å². The van der Waals surface area contributed by atoms with Crippen molar-refractivity contribution >= 4 is 79.4 Å². The Kier molecular flexibility index (Phi) is 26.1. The summed E-state index contributed by atoms with van der Waals surface area (Å²) in [5.74, 6) is 0.0583. The summed E-state index contributed by atoms with van der Waals surface area (Å²) in [5, 5.41) is 23.0. The van der Waals surface area contributed by atoms with Crippen LogP contribution in [-0.2, 0) is 39.7 Å². The number of carbonyl (C=O) groups is 3. The van der Waals surface area contributed by atoms with Crippen LogP contribution in [0.3, 0.4) is 0 Å². The summed E-state index contributed by atoms with van der Waals surface area (Å²) < 4.78 is 112. The summed E-state index contributed by atoms with van der Waals surface area (Å²) in [6.45, 7) is 8.07. The Bertz CT molecular complexity index is 4440. The number of ketones is 2. The lowest BCUT2D eigenvalue weighted by Crippen LogP contribution is -2.40. The molecule has 0 heterocycles. The molecule has 0 aromatic heterocycles. The van der Waals surface area contributed by atoms with Gasteiger partial charge in [-0.25, -0.2) is 8.42 Å². The van der Waals surface area contributed by atoms with Crippen molar-refractivity contribution in [2.24, 2.45) is 16.7 Å². The number of nitrogens with zero attached hydrogens (tertiary/aromatic N) is 2. The summed E-state index contributed by atoms with van der Waals surface area (Å²) >= 11 is 6.90. The third-order valence-corrected chi connectivity index (χ3v) is 22.5. The normalized spacial score (nSPS) is 13.9. The van der Waals surface area contributed by atoms with Crippen LogP contribution >= 0.6 is 31.9 Å². The monoisotopic (exact) mass is 1510 g/mol. The third kappa shape index (κ3) is 20.6. The number of sulfone groups is 1. The van der Waals surface area contributed by atoms with Crippen LogP contribution in [0.4, 0.5) is 0 Å². The first-order chi connectivity index (χ1) is 46.6. The molecular formula is C76H77Br2N3O14S3. The van der Waals surface area contributed by atoms with Gasteiger partial charge in [0.05, 0.1) is 50.8 Å². The first-order valence-corrected chi connectivity index (χ1v) is 38.2. The molecule has 0 saturated heterocycles. The molecule has 3 N–H and O–H groups in total. The van der Waals surface area contributed by atoms with E-state index in [1.54, 1.807) is 84.9 Å². The lowest BCUT2D eigenvalue weighted by molar-refractivity contribution is -0.130. The molecule has 1 amide bonds. The van der Waals surface area contributed by atoms with E-state index in [9.17, 15) is 59.3 Å². The zero-order valence-corrected chi connectivity index (χ0v) is 60.2. The molecule has 8 aromatic rings. The number of Topliss-reactive ketones (excluding diaryl/α,β-unsaturated/α-hetero) is 1. The van der Waals surface area contributed by atoms with Crippen LogP contribution in [0.5, 0.6) is 23.0 Å². The third-order valence-electron chi connectivity index (χ3n) is 17.6. The molecule has 0 spiro atoms. The van der Waals surface area contributed by atoms with Gasteiger partial charge in [-0.05, 0) is 206 Å². The molecule has 0 aliphatic carbocycles. The van der Waals surface area contributed by atoms with E-state index in [0.717, 1.165) is 22.3 Å². The van der Waals surface area contributed by atoms with E-state index in [4.69, 9.17) is 14.2 Å². The topological polar surface area (TPSA) is 281 Å². The molecule has 512 valence electrons. The minimum atomic E-state index is -4.41. The maximum atomic E-state index is 14.2. The van der Waals surface area contributed by atoms with Crippen molar-refractivity contribution in [3.63, 3.8) is 0 Å². The summed E-state index contributed by atoms with van der Waals surface area (Å²) in [5.41, 5.74) is 2.63. The summed E-state index contributed by atoms with van der Waals surface area (Å²) in [6, 6.07) is 61.2. The standard InChI is InChI=1S/C76H77Br2N3O14S3/c1-75(2,48-61(53-12-7-5-8-13-53)45-60(46-62(78)51-80)55-23-35-70(36-24-55)98(90,91)92)74(84)81-41-43-94-64-29-37-67(38-30-64)96(85,86)68-39-31-66(32-40-68)95-65-27-19-58(20-28-65)73(83)57-17-25-63(26-18-57)93-42-11-16-72(82)76(3,4)71(56-14-9-6-10-15-56)47-59(44-52(49-77)50-79)54-21-33-69(34-22-54)97(87,88)89/h5-10,12-15,17-40,52,59-62,71H,11,16,41-49H2,1-4H3,(H,81,84)(H,87,88,89)(H,90,91,92). The number of carbonyl (C=O) groups excluding carboxylic acids is 3. The average Bonchev–Trinajstić information content (AvgIpc) is 0.817. The summed E-state index contributed by atoms with van der Waals surface area (Å²) in [7, 11) is -12.8. The van der Waals surface area contributed by atoms with Crippen LogP contribution in [0.15, 0.2) is 226 Å². The van der Waals surface area contributed by atoms with Crippen LogP contribution in [0, 0.1) is 39.4 Å². The van der Waals surface area contributed by atoms with Gasteiger partial charge in [-0.3, -0.25) is 23.5 Å². The predicted octanol–water partition coefficient (Wildman–Crippen LogP) is 16.2. The second-order valence-electron chi connectivity index (χ2n) is 25.3. The fraction of sp³-hybridized carbons (Fsp3) is 0.303. The number of hydrogen-bond acceptors (Lipinski definition) is 14. The number of ether oxygens (including phenoxy) is 3. The second-order valence-corrected chi connectivity index (χ2v) is 31.8. The maximum absolute atomic E-state index is 14.2. The number of nitriles is 2. The Morgan fingerprint density at radius 3 is 1.41 bits per heavy atom. The molecule has 0 fully saturated rings. The van der Waals surface area contributed by atoms with E-state index < -0.39 is 45.7 Å². The van der Waals surface area contributed by atoms with Crippen molar-refractivity contribution in [2.45, 2.75) is 121 Å². The maximum Gasteiger partial charge on any atom is 0.294 e. The van der Waals surface area contributed by atoms with Gasteiger partial charge in [0.15, 0.2) is 5.78 Å². The molecular weight excluding hydrogens is 1430 g/mol. The number of halogens is 2. The Morgan fingerprint density at radius 1 is 0.510 bits per heavy atom. The lowest BCUT2D eigenvalue weighted by atomic mass is 9.66. The molecule has 8 rings (SSSR count). The Hall–Kier alpha value is -8.32. The lowest BCUT2D eigenvalue weighted by Gasteiger charge is -2.36. The van der Waals surface area contributed by atoms with Crippen LogP contribution in [-0.4, -0.2) is 81.7 Å². The molecule has 6 unspecified atom stereocenters. The Balaban J connectivity index is 0.789. The van der Waals surface area contributed by atoms with E-state index in [1.165, 1.54) is 60.7 Å². The van der Waals surface area contributed by atoms with E-state index in [2.05, 4.69) is 49.3 Å². The van der Waals surface area contributed by atoms with Gasteiger partial charge in [0.2, 0.25) is 15.7 Å². The number of rotatable bonds is 35. The van der Waals surface area contributed by atoms with Crippen molar-refractivity contribution in [3.05, 3.63) is 240 Å². The molecule has 22 heteroatoms. The largest absolute Gasteiger partial charge is 0.494 e. The fourth-order valence-electron chi connectivity index (χ4n) is 12.0. The second kappa shape index (κ2) is 34.0. The van der Waals surface area contributed by atoms with Crippen molar-refractivity contribution in [1.82, 2.24) is 5.32 Å². The van der Waals surface area contributed by atoms with E-state index >= 15 is 0 Å². The molecule has 98 heavy (non-hydrogen) atoms. The fourth-order valence-corrected chi connectivity index (χ4v) is 15.1. The van der Waals surface area contributed by atoms with Gasteiger partial charge in [-0.15, -0.1) is 0 Å². The van der Waals surface area contributed by atoms with Gasteiger partial charge in [0, 0.05) is 33.7 Å². The average molecular weight is 1510 g/mol. The Labute approximate surface area is 591 Å². The smallest absolute Gasteiger partial charge is 0.294 e. The van der Waals surface area contributed by atoms with Crippen LogP contribution in [0.1, 0.15) is 134 Å². The molecule has 0 aliphatic heterocycles. The van der Waals surface area contributed by atoms with E-state index in [-0.39, 0.29) is 92.8 Å².